The number of benzene rings is 2. The molecule has 2 aliphatic rings. The fourth-order valence-electron chi connectivity index (χ4n) is 3.97. The SMILES string of the molecule is CC(C)Oc1ccccc1N1CCN(CCN2C(=O)c3ccccc3C2=O)CC1. The molecule has 1 saturated heterocycles. The van der Waals surface area contributed by atoms with Crippen LogP contribution in [0.1, 0.15) is 34.6 Å². The highest BCUT2D eigenvalue weighted by Gasteiger charge is 2.35. The number of hydrogen-bond acceptors (Lipinski definition) is 5. The summed E-state index contributed by atoms with van der Waals surface area (Å²) in [6.07, 6.45) is 0.136. The number of imide groups is 1. The van der Waals surface area contributed by atoms with Crippen molar-refractivity contribution in [3.05, 3.63) is 59.7 Å². The number of ether oxygens (including phenoxy) is 1. The number of hydrogen-bond donors (Lipinski definition) is 0. The molecule has 2 aliphatic heterocycles. The van der Waals surface area contributed by atoms with Crippen molar-refractivity contribution in [2.24, 2.45) is 0 Å². The lowest BCUT2D eigenvalue weighted by atomic mass is 10.1. The monoisotopic (exact) mass is 393 g/mol. The van der Waals surface area contributed by atoms with Crippen molar-refractivity contribution in [1.82, 2.24) is 9.80 Å². The minimum atomic E-state index is -0.177. The normalized spacial score (nSPS) is 17.2. The van der Waals surface area contributed by atoms with Gasteiger partial charge in [0.25, 0.3) is 11.8 Å². The van der Waals surface area contributed by atoms with E-state index in [1.165, 1.54) is 4.90 Å². The van der Waals surface area contributed by atoms with Gasteiger partial charge in [0, 0.05) is 39.3 Å². The second-order valence-corrected chi connectivity index (χ2v) is 7.77. The highest BCUT2D eigenvalue weighted by atomic mass is 16.5. The minimum Gasteiger partial charge on any atom is -0.489 e. The lowest BCUT2D eigenvalue weighted by molar-refractivity contribution is 0.0634. The van der Waals surface area contributed by atoms with E-state index >= 15 is 0 Å². The van der Waals surface area contributed by atoms with Crippen LogP contribution in [0.25, 0.3) is 0 Å². The van der Waals surface area contributed by atoms with Crippen LogP contribution in [-0.4, -0.2) is 67.0 Å². The van der Waals surface area contributed by atoms with E-state index in [2.05, 4.69) is 15.9 Å². The first-order chi connectivity index (χ1) is 14.0. The Morgan fingerprint density at radius 3 is 2.03 bits per heavy atom. The summed E-state index contributed by atoms with van der Waals surface area (Å²) >= 11 is 0. The van der Waals surface area contributed by atoms with Gasteiger partial charge in [0.15, 0.2) is 0 Å². The maximum absolute atomic E-state index is 12.5. The van der Waals surface area contributed by atoms with Gasteiger partial charge in [0.1, 0.15) is 5.75 Å². The average Bonchev–Trinajstić information content (AvgIpc) is 2.97. The van der Waals surface area contributed by atoms with Crippen molar-refractivity contribution in [1.29, 1.82) is 0 Å². The van der Waals surface area contributed by atoms with Gasteiger partial charge in [-0.3, -0.25) is 19.4 Å². The zero-order valence-corrected chi connectivity index (χ0v) is 17.0. The molecule has 2 aromatic rings. The first-order valence-corrected chi connectivity index (χ1v) is 10.2. The van der Waals surface area contributed by atoms with E-state index in [0.717, 1.165) is 37.6 Å². The molecule has 29 heavy (non-hydrogen) atoms. The van der Waals surface area contributed by atoms with E-state index in [1.54, 1.807) is 24.3 Å². The third-order valence-corrected chi connectivity index (χ3v) is 5.46. The number of piperazine rings is 1. The molecule has 4 rings (SSSR count). The molecule has 2 amide bonds. The number of rotatable bonds is 6. The second-order valence-electron chi connectivity index (χ2n) is 7.77. The largest absolute Gasteiger partial charge is 0.489 e. The summed E-state index contributed by atoms with van der Waals surface area (Å²) in [5.74, 6) is 0.565. The van der Waals surface area contributed by atoms with Gasteiger partial charge in [-0.25, -0.2) is 0 Å². The van der Waals surface area contributed by atoms with Gasteiger partial charge in [-0.1, -0.05) is 24.3 Å². The highest BCUT2D eigenvalue weighted by molar-refractivity contribution is 6.21. The maximum atomic E-state index is 12.5. The molecule has 6 nitrogen and oxygen atoms in total. The van der Waals surface area contributed by atoms with Gasteiger partial charge >= 0.3 is 0 Å². The van der Waals surface area contributed by atoms with Crippen LogP contribution in [0.4, 0.5) is 5.69 Å². The molecule has 2 aromatic carbocycles. The summed E-state index contributed by atoms with van der Waals surface area (Å²) in [4.78, 5) is 31.0. The number of anilines is 1. The predicted octanol–water partition coefficient (Wildman–Crippen LogP) is 2.89. The lowest BCUT2D eigenvalue weighted by Gasteiger charge is -2.37. The first-order valence-electron chi connectivity index (χ1n) is 10.2. The molecule has 0 spiro atoms. The quantitative estimate of drug-likeness (QED) is 0.707. The number of amides is 2. The fraction of sp³-hybridized carbons (Fsp3) is 0.391. The molecule has 1 fully saturated rings. The van der Waals surface area contributed by atoms with Crippen molar-refractivity contribution >= 4 is 17.5 Å². The fourth-order valence-corrected chi connectivity index (χ4v) is 3.97. The maximum Gasteiger partial charge on any atom is 0.261 e. The molecule has 0 aliphatic carbocycles. The molecule has 0 unspecified atom stereocenters. The summed E-state index contributed by atoms with van der Waals surface area (Å²) in [6, 6.07) is 15.2. The molecule has 152 valence electrons. The van der Waals surface area contributed by atoms with Crippen molar-refractivity contribution in [2.75, 3.05) is 44.2 Å². The Morgan fingerprint density at radius 1 is 0.828 bits per heavy atom. The molecule has 6 heteroatoms. The smallest absolute Gasteiger partial charge is 0.261 e. The standard InChI is InChI=1S/C23H27N3O3/c1-17(2)29-21-10-6-5-9-20(21)25-14-11-24(12-15-25)13-16-26-22(27)18-7-3-4-8-19(18)23(26)28/h3-10,17H,11-16H2,1-2H3. The van der Waals surface area contributed by atoms with Crippen LogP contribution in [0.5, 0.6) is 5.75 Å². The molecule has 0 radical (unpaired) electrons. The number of fused-ring (bicyclic) bond motifs is 1. The summed E-state index contributed by atoms with van der Waals surface area (Å²) in [5.41, 5.74) is 2.16. The molecule has 0 atom stereocenters. The summed E-state index contributed by atoms with van der Waals surface area (Å²) in [6.45, 7) is 8.75. The van der Waals surface area contributed by atoms with E-state index in [0.29, 0.717) is 24.2 Å². The van der Waals surface area contributed by atoms with Crippen LogP contribution >= 0.6 is 0 Å². The summed E-state index contributed by atoms with van der Waals surface area (Å²) < 4.78 is 5.96. The predicted molar refractivity (Wildman–Crippen MR) is 113 cm³/mol. The van der Waals surface area contributed by atoms with Crippen LogP contribution in [0.2, 0.25) is 0 Å². The Kier molecular flexibility index (Phi) is 5.53. The third-order valence-electron chi connectivity index (χ3n) is 5.46. The Balaban J connectivity index is 1.33. The van der Waals surface area contributed by atoms with Gasteiger partial charge in [-0.15, -0.1) is 0 Å². The molecular formula is C23H27N3O3. The Bertz CT molecular complexity index is 869. The van der Waals surface area contributed by atoms with Crippen molar-refractivity contribution in [2.45, 2.75) is 20.0 Å². The molecular weight excluding hydrogens is 366 g/mol. The molecule has 2 heterocycles. The summed E-state index contributed by atoms with van der Waals surface area (Å²) in [5, 5.41) is 0. The van der Waals surface area contributed by atoms with E-state index in [1.807, 2.05) is 32.0 Å². The van der Waals surface area contributed by atoms with E-state index in [-0.39, 0.29) is 17.9 Å². The van der Waals surface area contributed by atoms with Crippen LogP contribution in [0, 0.1) is 0 Å². The zero-order chi connectivity index (χ0) is 20.4. The Hall–Kier alpha value is -2.86. The van der Waals surface area contributed by atoms with Crippen LogP contribution < -0.4 is 9.64 Å². The molecule has 0 N–H and O–H groups in total. The van der Waals surface area contributed by atoms with Crippen LogP contribution in [0.3, 0.4) is 0 Å². The molecule has 0 aromatic heterocycles. The van der Waals surface area contributed by atoms with Crippen molar-refractivity contribution in [3.8, 4) is 5.75 Å². The van der Waals surface area contributed by atoms with Crippen molar-refractivity contribution in [3.63, 3.8) is 0 Å². The van der Waals surface area contributed by atoms with Gasteiger partial charge in [-0.05, 0) is 38.1 Å². The highest BCUT2D eigenvalue weighted by Crippen LogP contribution is 2.29. The van der Waals surface area contributed by atoms with Gasteiger partial charge in [-0.2, -0.15) is 0 Å². The zero-order valence-electron chi connectivity index (χ0n) is 17.0. The summed E-state index contributed by atoms with van der Waals surface area (Å²) in [7, 11) is 0. The van der Waals surface area contributed by atoms with Crippen LogP contribution in [0.15, 0.2) is 48.5 Å². The van der Waals surface area contributed by atoms with Gasteiger partial charge < -0.3 is 9.64 Å². The number of carbonyl (C=O) groups is 2. The second kappa shape index (κ2) is 8.25. The Morgan fingerprint density at radius 2 is 1.41 bits per heavy atom. The average molecular weight is 393 g/mol. The van der Waals surface area contributed by atoms with E-state index < -0.39 is 0 Å². The molecule has 0 saturated carbocycles. The van der Waals surface area contributed by atoms with Crippen molar-refractivity contribution < 1.29 is 14.3 Å². The van der Waals surface area contributed by atoms with Gasteiger partial charge in [0.2, 0.25) is 0 Å². The molecule has 0 bridgehead atoms. The Labute approximate surface area is 171 Å². The number of nitrogens with zero attached hydrogens (tertiary/aromatic N) is 3. The van der Waals surface area contributed by atoms with E-state index in [4.69, 9.17) is 4.74 Å². The van der Waals surface area contributed by atoms with Gasteiger partial charge in [0.05, 0.1) is 22.9 Å². The number of carbonyl (C=O) groups excluding carboxylic acids is 2. The minimum absolute atomic E-state index is 0.136. The first kappa shape index (κ1) is 19.5. The third kappa shape index (κ3) is 3.98. The number of para-hydroxylation sites is 2. The van der Waals surface area contributed by atoms with Crippen LogP contribution in [-0.2, 0) is 0 Å². The van der Waals surface area contributed by atoms with E-state index in [9.17, 15) is 9.59 Å². The lowest BCUT2D eigenvalue weighted by Crippen LogP contribution is -2.49. The topological polar surface area (TPSA) is 53.1 Å².